The van der Waals surface area contributed by atoms with Gasteiger partial charge < -0.3 is 10.1 Å². The van der Waals surface area contributed by atoms with Gasteiger partial charge in [-0.25, -0.2) is 4.39 Å². The van der Waals surface area contributed by atoms with E-state index in [9.17, 15) is 14.0 Å². The van der Waals surface area contributed by atoms with Crippen LogP contribution in [0.25, 0.3) is 0 Å². The van der Waals surface area contributed by atoms with Gasteiger partial charge in [-0.2, -0.15) is 0 Å². The zero-order valence-corrected chi connectivity index (χ0v) is 13.9. The molecular weight excluding hydrogens is 323 g/mol. The fraction of sp³-hybridized carbons (Fsp3) is 0.263. The molecule has 0 fully saturated rings. The number of hydrogen-bond acceptors (Lipinski definition) is 3. The van der Waals surface area contributed by atoms with Gasteiger partial charge in [-0.15, -0.1) is 0 Å². The van der Waals surface area contributed by atoms with Crippen LogP contribution in [0.1, 0.15) is 18.9 Å². The van der Waals surface area contributed by atoms with E-state index in [1.165, 1.54) is 17.0 Å². The predicted molar refractivity (Wildman–Crippen MR) is 91.7 cm³/mol. The van der Waals surface area contributed by atoms with Gasteiger partial charge >= 0.3 is 0 Å². The molecule has 1 N–H and O–H groups in total. The number of carbonyl (C=O) groups excluding carboxylic acids is 2. The predicted octanol–water partition coefficient (Wildman–Crippen LogP) is 2.65. The first-order chi connectivity index (χ1) is 12.1. The Morgan fingerprint density at radius 1 is 1.20 bits per heavy atom. The lowest BCUT2D eigenvalue weighted by molar-refractivity contribution is -0.129. The summed E-state index contributed by atoms with van der Waals surface area (Å²) >= 11 is 0. The normalized spacial score (nSPS) is 16.2. The second kappa shape index (κ2) is 7.34. The van der Waals surface area contributed by atoms with Crippen LogP contribution in [0.5, 0.6) is 5.75 Å². The number of nitrogens with one attached hydrogen (secondary N) is 1. The molecule has 130 valence electrons. The van der Waals surface area contributed by atoms with Crippen LogP contribution >= 0.6 is 0 Å². The number of hydrogen-bond donors (Lipinski definition) is 1. The van der Waals surface area contributed by atoms with E-state index in [4.69, 9.17) is 4.74 Å². The van der Waals surface area contributed by atoms with Crippen LogP contribution in [0.4, 0.5) is 10.1 Å². The number of carbonyl (C=O) groups is 2. The molecule has 0 radical (unpaired) electrons. The molecule has 1 aliphatic heterocycles. The van der Waals surface area contributed by atoms with E-state index in [-0.39, 0.29) is 30.7 Å². The molecule has 25 heavy (non-hydrogen) atoms. The molecule has 1 heterocycles. The highest BCUT2D eigenvalue weighted by atomic mass is 19.1. The molecule has 0 unspecified atom stereocenters. The van der Waals surface area contributed by atoms with Gasteiger partial charge in [-0.3, -0.25) is 14.5 Å². The van der Waals surface area contributed by atoms with Crippen LogP contribution in [-0.2, 0) is 16.1 Å². The molecule has 0 spiro atoms. The summed E-state index contributed by atoms with van der Waals surface area (Å²) in [6, 6.07) is 13.1. The number of halogens is 1. The van der Waals surface area contributed by atoms with Crippen LogP contribution in [0.15, 0.2) is 48.5 Å². The average Bonchev–Trinajstić information content (AvgIpc) is 2.63. The molecule has 2 aromatic carbocycles. The van der Waals surface area contributed by atoms with Gasteiger partial charge in [0, 0.05) is 6.54 Å². The Kier molecular flexibility index (Phi) is 4.97. The monoisotopic (exact) mass is 342 g/mol. The van der Waals surface area contributed by atoms with Crippen LogP contribution < -0.4 is 15.0 Å². The maximum atomic E-state index is 12.9. The van der Waals surface area contributed by atoms with Crippen molar-refractivity contribution in [1.82, 2.24) is 5.32 Å². The van der Waals surface area contributed by atoms with Crippen LogP contribution in [0.2, 0.25) is 0 Å². The molecule has 0 saturated carbocycles. The Hall–Kier alpha value is -2.89. The van der Waals surface area contributed by atoms with Gasteiger partial charge in [0.15, 0.2) is 6.10 Å². The Balaban J connectivity index is 1.69. The highest BCUT2D eigenvalue weighted by Crippen LogP contribution is 2.34. The van der Waals surface area contributed by atoms with E-state index in [1.54, 1.807) is 30.3 Å². The second-order valence-electron chi connectivity index (χ2n) is 5.81. The van der Waals surface area contributed by atoms with E-state index in [2.05, 4.69) is 5.32 Å². The summed E-state index contributed by atoms with van der Waals surface area (Å²) in [4.78, 5) is 26.3. The van der Waals surface area contributed by atoms with Crippen LogP contribution in [-0.4, -0.2) is 24.5 Å². The molecule has 1 atom stereocenters. The van der Waals surface area contributed by atoms with Crippen molar-refractivity contribution >= 4 is 17.5 Å². The molecule has 2 aromatic rings. The van der Waals surface area contributed by atoms with E-state index >= 15 is 0 Å². The topological polar surface area (TPSA) is 58.6 Å². The van der Waals surface area contributed by atoms with E-state index in [1.807, 2.05) is 13.0 Å². The molecule has 6 heteroatoms. The minimum atomic E-state index is -0.584. The number of amides is 2. The van der Waals surface area contributed by atoms with Crippen molar-refractivity contribution in [2.45, 2.75) is 26.0 Å². The number of ether oxygens (including phenoxy) is 1. The van der Waals surface area contributed by atoms with Gasteiger partial charge in [0.05, 0.1) is 5.69 Å². The smallest absolute Gasteiger partial charge is 0.268 e. The molecule has 3 rings (SSSR count). The molecule has 0 aromatic heterocycles. The highest BCUT2D eigenvalue weighted by molar-refractivity contribution is 6.03. The first kappa shape index (κ1) is 17.0. The fourth-order valence-corrected chi connectivity index (χ4v) is 2.70. The van der Waals surface area contributed by atoms with E-state index in [0.717, 1.165) is 5.56 Å². The molecule has 5 nitrogen and oxygen atoms in total. The Labute approximate surface area is 145 Å². The summed E-state index contributed by atoms with van der Waals surface area (Å²) < 4.78 is 18.6. The lowest BCUT2D eigenvalue weighted by Gasteiger charge is -2.33. The lowest BCUT2D eigenvalue weighted by atomic mass is 10.1. The average molecular weight is 342 g/mol. The highest BCUT2D eigenvalue weighted by Gasteiger charge is 2.34. The first-order valence-corrected chi connectivity index (χ1v) is 8.16. The summed E-state index contributed by atoms with van der Waals surface area (Å²) in [7, 11) is 0. The zero-order valence-electron chi connectivity index (χ0n) is 13.9. The molecule has 0 aliphatic carbocycles. The third kappa shape index (κ3) is 3.79. The molecule has 2 amide bonds. The number of nitrogens with zero attached hydrogens (tertiary/aromatic N) is 1. The minimum absolute atomic E-state index is 0.0864. The number of rotatable bonds is 5. The quantitative estimate of drug-likeness (QED) is 0.909. The van der Waals surface area contributed by atoms with Gasteiger partial charge in [0.2, 0.25) is 5.91 Å². The standard InChI is InChI=1S/C19H19FN2O3/c1-2-16-19(24)22(15-5-3-4-6-17(15)25-16)12-18(23)21-11-13-7-9-14(20)10-8-13/h3-10,16H,2,11-12H2,1H3,(H,21,23)/t16-/m0/s1. The maximum Gasteiger partial charge on any atom is 0.268 e. The SMILES string of the molecule is CC[C@@H]1Oc2ccccc2N(CC(=O)NCc2ccc(F)cc2)C1=O. The molecule has 0 saturated heterocycles. The lowest BCUT2D eigenvalue weighted by Crippen LogP contribution is -2.49. The summed E-state index contributed by atoms with van der Waals surface area (Å²) in [6.45, 7) is 2.05. The Morgan fingerprint density at radius 3 is 2.64 bits per heavy atom. The summed E-state index contributed by atoms with van der Waals surface area (Å²) in [5.41, 5.74) is 1.38. The summed E-state index contributed by atoms with van der Waals surface area (Å²) in [5, 5.41) is 2.75. The van der Waals surface area contributed by atoms with Gasteiger partial charge in [-0.05, 0) is 36.2 Å². The molecular formula is C19H19FN2O3. The van der Waals surface area contributed by atoms with Crippen molar-refractivity contribution in [3.8, 4) is 5.75 Å². The number of anilines is 1. The van der Waals surface area contributed by atoms with Gasteiger partial charge in [-0.1, -0.05) is 31.2 Å². The maximum absolute atomic E-state index is 12.9. The third-order valence-corrected chi connectivity index (χ3v) is 4.04. The largest absolute Gasteiger partial charge is 0.478 e. The number of benzene rings is 2. The van der Waals surface area contributed by atoms with Crippen LogP contribution in [0, 0.1) is 5.82 Å². The zero-order chi connectivity index (χ0) is 17.8. The molecule has 0 bridgehead atoms. The Bertz CT molecular complexity index is 776. The van der Waals surface area contributed by atoms with E-state index < -0.39 is 6.10 Å². The van der Waals surface area contributed by atoms with Crippen molar-refractivity contribution in [3.63, 3.8) is 0 Å². The fourth-order valence-electron chi connectivity index (χ4n) is 2.70. The van der Waals surface area contributed by atoms with Gasteiger partial charge in [0.1, 0.15) is 18.1 Å². The molecule has 1 aliphatic rings. The van der Waals surface area contributed by atoms with Crippen molar-refractivity contribution in [2.75, 3.05) is 11.4 Å². The van der Waals surface area contributed by atoms with E-state index in [0.29, 0.717) is 17.9 Å². The van der Waals surface area contributed by atoms with Crippen LogP contribution in [0.3, 0.4) is 0 Å². The number of para-hydroxylation sites is 2. The van der Waals surface area contributed by atoms with Crippen molar-refractivity contribution in [3.05, 3.63) is 59.9 Å². The van der Waals surface area contributed by atoms with Gasteiger partial charge in [0.25, 0.3) is 5.91 Å². The number of fused-ring (bicyclic) bond motifs is 1. The first-order valence-electron chi connectivity index (χ1n) is 8.16. The Morgan fingerprint density at radius 2 is 1.92 bits per heavy atom. The second-order valence-corrected chi connectivity index (χ2v) is 5.81. The summed E-state index contributed by atoms with van der Waals surface area (Å²) in [5.74, 6) is -0.237. The van der Waals surface area contributed by atoms with Crippen molar-refractivity contribution < 1.29 is 18.7 Å². The minimum Gasteiger partial charge on any atom is -0.478 e. The van der Waals surface area contributed by atoms with Crippen molar-refractivity contribution in [2.24, 2.45) is 0 Å². The van der Waals surface area contributed by atoms with Crippen molar-refractivity contribution in [1.29, 1.82) is 0 Å². The third-order valence-electron chi connectivity index (χ3n) is 4.04. The summed E-state index contributed by atoms with van der Waals surface area (Å²) in [6.07, 6.45) is -0.0549.